The minimum Gasteiger partial charge on any atom is -0.394 e. The van der Waals surface area contributed by atoms with Gasteiger partial charge in [0.1, 0.15) is 10.7 Å². The van der Waals surface area contributed by atoms with Crippen molar-refractivity contribution in [3.63, 3.8) is 0 Å². The Bertz CT molecular complexity index is 1040. The largest absolute Gasteiger partial charge is 0.394 e. The van der Waals surface area contributed by atoms with E-state index in [-0.39, 0.29) is 12.1 Å². The summed E-state index contributed by atoms with van der Waals surface area (Å²) in [5, 5.41) is 14.3. The molecule has 2 aromatic rings. The number of hydrogen-bond acceptors (Lipinski definition) is 6. The van der Waals surface area contributed by atoms with Crippen molar-refractivity contribution in [2.75, 3.05) is 35.7 Å². The molecule has 170 valence electrons. The van der Waals surface area contributed by atoms with E-state index in [0.29, 0.717) is 29.3 Å². The summed E-state index contributed by atoms with van der Waals surface area (Å²) in [7, 11) is -1.10. The van der Waals surface area contributed by atoms with E-state index in [9.17, 15) is 9.32 Å². The van der Waals surface area contributed by atoms with Gasteiger partial charge in [-0.25, -0.2) is 4.98 Å². The molecule has 6 nitrogen and oxygen atoms in total. The number of aliphatic hydroxyl groups is 1. The number of aliphatic hydroxyl groups excluding tert-OH is 1. The number of anilines is 2. The van der Waals surface area contributed by atoms with Crippen LogP contribution in [-0.2, 0) is 17.2 Å². The lowest BCUT2D eigenvalue weighted by atomic mass is 9.77. The van der Waals surface area contributed by atoms with Crippen molar-refractivity contribution in [2.45, 2.75) is 54.9 Å². The molecule has 2 aliphatic carbocycles. The zero-order valence-corrected chi connectivity index (χ0v) is 19.7. The average Bonchev–Trinajstić information content (AvgIpc) is 3.33. The summed E-state index contributed by atoms with van der Waals surface area (Å²) in [6.07, 6.45) is 5.72. The molecule has 0 bridgehead atoms. The normalized spacial score (nSPS) is 30.1. The number of fused-ring (bicyclic) bond motifs is 2. The molecular weight excluding hydrogens is 444 g/mol. The first-order valence-corrected chi connectivity index (χ1v) is 13.5. The molecule has 3 atom stereocenters. The lowest BCUT2D eigenvalue weighted by Crippen LogP contribution is -2.49. The van der Waals surface area contributed by atoms with E-state index >= 15 is 0 Å². The Hall–Kier alpha value is -1.70. The topological polar surface area (TPSA) is 78.4 Å². The molecule has 4 aliphatic rings. The van der Waals surface area contributed by atoms with E-state index in [1.54, 1.807) is 0 Å². The standard InChI is InChI=1S/C24H29ClN4O2S/c25-16-7-5-15(6-8-16)20-17-12-29(13-18(17)20)23-26-19-4-1-2-11-32(31)21(19)22(27-23)28-24(14-30)9-3-10-24/h5-8,17-18,20,30H,1-4,9-14H2,(H,26,27,28). The lowest BCUT2D eigenvalue weighted by Gasteiger charge is -2.42. The zero-order valence-electron chi connectivity index (χ0n) is 18.1. The maximum absolute atomic E-state index is 13.0. The second kappa shape index (κ2) is 7.96. The number of nitrogens with one attached hydrogen (secondary N) is 1. The van der Waals surface area contributed by atoms with Gasteiger partial charge in [-0.1, -0.05) is 23.7 Å². The van der Waals surface area contributed by atoms with E-state index in [4.69, 9.17) is 21.6 Å². The van der Waals surface area contributed by atoms with E-state index < -0.39 is 10.8 Å². The van der Waals surface area contributed by atoms with Crippen molar-refractivity contribution in [3.05, 3.63) is 40.5 Å². The number of nitrogens with zero attached hydrogens (tertiary/aromatic N) is 3. The minimum absolute atomic E-state index is 0.0738. The quantitative estimate of drug-likeness (QED) is 0.690. The van der Waals surface area contributed by atoms with Crippen molar-refractivity contribution in [3.8, 4) is 0 Å². The third-order valence-electron chi connectivity index (χ3n) is 7.87. The van der Waals surface area contributed by atoms with Crippen LogP contribution in [0.25, 0.3) is 0 Å². The molecule has 0 amide bonds. The van der Waals surface area contributed by atoms with Crippen LogP contribution in [0.4, 0.5) is 11.8 Å². The van der Waals surface area contributed by atoms with Crippen LogP contribution in [0.5, 0.6) is 0 Å². The maximum Gasteiger partial charge on any atom is 0.227 e. The fraction of sp³-hybridized carbons (Fsp3) is 0.583. The molecular formula is C24H29ClN4O2S. The molecule has 8 heteroatoms. The van der Waals surface area contributed by atoms with Gasteiger partial charge in [0.05, 0.1) is 28.6 Å². The van der Waals surface area contributed by atoms with Crippen molar-refractivity contribution in [2.24, 2.45) is 11.8 Å². The molecule has 2 saturated carbocycles. The lowest BCUT2D eigenvalue weighted by molar-refractivity contribution is 0.143. The Labute approximate surface area is 196 Å². The fourth-order valence-corrected chi connectivity index (χ4v) is 7.31. The van der Waals surface area contributed by atoms with Crippen LogP contribution < -0.4 is 10.2 Å². The molecule has 3 heterocycles. The van der Waals surface area contributed by atoms with Crippen molar-refractivity contribution < 1.29 is 9.32 Å². The first-order chi connectivity index (χ1) is 15.6. The van der Waals surface area contributed by atoms with Gasteiger partial charge in [0.15, 0.2) is 0 Å². The van der Waals surface area contributed by atoms with Gasteiger partial charge in [0.2, 0.25) is 5.95 Å². The smallest absolute Gasteiger partial charge is 0.227 e. The summed E-state index contributed by atoms with van der Waals surface area (Å²) in [5.74, 6) is 3.95. The number of hydrogen-bond donors (Lipinski definition) is 2. The first-order valence-electron chi connectivity index (χ1n) is 11.8. The van der Waals surface area contributed by atoms with Gasteiger partial charge in [0, 0.05) is 23.9 Å². The summed E-state index contributed by atoms with van der Waals surface area (Å²) >= 11 is 6.06. The molecule has 3 fully saturated rings. The van der Waals surface area contributed by atoms with Crippen molar-refractivity contribution in [1.29, 1.82) is 0 Å². The SMILES string of the molecule is O=S1CCCCc2nc(N3CC4C(C3)C4c3ccc(Cl)cc3)nc(NC3(CO)CCC3)c21. The predicted molar refractivity (Wildman–Crippen MR) is 127 cm³/mol. The van der Waals surface area contributed by atoms with E-state index in [1.807, 2.05) is 12.1 Å². The van der Waals surface area contributed by atoms with Gasteiger partial charge >= 0.3 is 0 Å². The number of halogens is 1. The van der Waals surface area contributed by atoms with Gasteiger partial charge in [-0.15, -0.1) is 0 Å². The van der Waals surface area contributed by atoms with Crippen LogP contribution in [-0.4, -0.2) is 50.3 Å². The number of benzene rings is 1. The molecule has 1 aromatic heterocycles. The first kappa shape index (κ1) is 20.9. The number of piperidine rings is 1. The fourth-order valence-electron chi connectivity index (χ4n) is 5.79. The summed E-state index contributed by atoms with van der Waals surface area (Å²) in [4.78, 5) is 12.9. The molecule has 2 N–H and O–H groups in total. The van der Waals surface area contributed by atoms with Gasteiger partial charge in [0.25, 0.3) is 0 Å². The Morgan fingerprint density at radius 1 is 1.12 bits per heavy atom. The van der Waals surface area contributed by atoms with Crippen molar-refractivity contribution in [1.82, 2.24) is 9.97 Å². The molecule has 2 aliphatic heterocycles. The molecule has 0 radical (unpaired) electrons. The van der Waals surface area contributed by atoms with Crippen molar-refractivity contribution >= 4 is 34.2 Å². The van der Waals surface area contributed by atoms with Crippen LogP contribution in [0.1, 0.15) is 49.3 Å². The van der Waals surface area contributed by atoms with E-state index in [1.165, 1.54) is 5.56 Å². The highest BCUT2D eigenvalue weighted by Gasteiger charge is 2.56. The molecule has 1 saturated heterocycles. The zero-order chi connectivity index (χ0) is 21.9. The van der Waals surface area contributed by atoms with Crippen LogP contribution in [0, 0.1) is 11.8 Å². The highest BCUT2D eigenvalue weighted by molar-refractivity contribution is 7.85. The highest BCUT2D eigenvalue weighted by atomic mass is 35.5. The van der Waals surface area contributed by atoms with Gasteiger partial charge < -0.3 is 15.3 Å². The number of aryl methyl sites for hydroxylation is 1. The second-order valence-corrected chi connectivity index (χ2v) is 11.8. The molecule has 32 heavy (non-hydrogen) atoms. The summed E-state index contributed by atoms with van der Waals surface area (Å²) in [5.41, 5.74) is 1.97. The molecule has 6 rings (SSSR count). The van der Waals surface area contributed by atoms with Gasteiger partial charge in [-0.2, -0.15) is 4.98 Å². The molecule has 3 unspecified atom stereocenters. The van der Waals surface area contributed by atoms with Crippen LogP contribution in [0.3, 0.4) is 0 Å². The highest BCUT2D eigenvalue weighted by Crippen LogP contribution is 2.58. The Kier molecular flexibility index (Phi) is 5.19. The van der Waals surface area contributed by atoms with E-state index in [0.717, 1.165) is 73.2 Å². The third kappa shape index (κ3) is 3.53. The molecule has 1 aromatic carbocycles. The summed E-state index contributed by atoms with van der Waals surface area (Å²) in [6.45, 7) is 1.97. The van der Waals surface area contributed by atoms with E-state index in [2.05, 4.69) is 22.3 Å². The number of aromatic nitrogens is 2. The van der Waals surface area contributed by atoms with Crippen LogP contribution in [0.15, 0.2) is 29.2 Å². The Morgan fingerprint density at radius 3 is 2.53 bits per heavy atom. The summed E-state index contributed by atoms with van der Waals surface area (Å²) in [6, 6.07) is 8.26. The average molecular weight is 473 g/mol. The summed E-state index contributed by atoms with van der Waals surface area (Å²) < 4.78 is 13.0. The van der Waals surface area contributed by atoms with Gasteiger partial charge in [-0.05, 0) is 74.0 Å². The monoisotopic (exact) mass is 472 g/mol. The number of rotatable bonds is 5. The third-order valence-corrected chi connectivity index (χ3v) is 9.67. The molecule has 0 spiro atoms. The second-order valence-electron chi connectivity index (χ2n) is 9.88. The van der Waals surface area contributed by atoms with Crippen LogP contribution >= 0.6 is 11.6 Å². The Balaban J connectivity index is 1.27. The minimum atomic E-state index is -1.10. The van der Waals surface area contributed by atoms with Crippen LogP contribution in [0.2, 0.25) is 5.02 Å². The maximum atomic E-state index is 13.0. The van der Waals surface area contributed by atoms with Gasteiger partial charge in [-0.3, -0.25) is 4.21 Å². The Morgan fingerprint density at radius 2 is 1.88 bits per heavy atom. The predicted octanol–water partition coefficient (Wildman–Crippen LogP) is 3.75.